The molecule has 0 aliphatic rings. The van der Waals surface area contributed by atoms with Crippen LogP contribution in [0.5, 0.6) is 0 Å². The van der Waals surface area contributed by atoms with Crippen LogP contribution in [-0.2, 0) is 6.54 Å². The summed E-state index contributed by atoms with van der Waals surface area (Å²) in [6.07, 6.45) is 1.62. The molecule has 102 valence electrons. The van der Waals surface area contributed by atoms with Crippen molar-refractivity contribution in [3.05, 3.63) is 46.2 Å². The van der Waals surface area contributed by atoms with Gasteiger partial charge in [0.05, 0.1) is 22.8 Å². The van der Waals surface area contributed by atoms with Gasteiger partial charge in [-0.1, -0.05) is 11.6 Å². The minimum absolute atomic E-state index is 0.754. The zero-order chi connectivity index (χ0) is 14.1. The van der Waals surface area contributed by atoms with Gasteiger partial charge in [-0.25, -0.2) is 15.0 Å². The van der Waals surface area contributed by atoms with Crippen LogP contribution in [0.25, 0.3) is 10.9 Å². The van der Waals surface area contributed by atoms with Crippen LogP contribution >= 0.6 is 11.3 Å². The first kappa shape index (κ1) is 13.0. The highest BCUT2D eigenvalue weighted by Crippen LogP contribution is 2.24. The van der Waals surface area contributed by atoms with Gasteiger partial charge >= 0.3 is 0 Å². The van der Waals surface area contributed by atoms with E-state index in [9.17, 15) is 0 Å². The van der Waals surface area contributed by atoms with Crippen LogP contribution in [0.1, 0.15) is 16.3 Å². The average molecular weight is 284 g/mol. The maximum atomic E-state index is 4.51. The minimum atomic E-state index is 0.754. The number of aromatic nitrogens is 3. The number of nitrogens with zero attached hydrogens (tertiary/aromatic N) is 4. The van der Waals surface area contributed by atoms with Crippen molar-refractivity contribution in [2.75, 3.05) is 11.9 Å². The normalized spacial score (nSPS) is 10.9. The molecule has 0 saturated carbocycles. The molecule has 0 spiro atoms. The van der Waals surface area contributed by atoms with Crippen molar-refractivity contribution >= 4 is 28.1 Å². The maximum Gasteiger partial charge on any atom is 0.139 e. The molecule has 0 saturated heterocycles. The Balaban J connectivity index is 1.98. The number of thiazole rings is 1. The van der Waals surface area contributed by atoms with Gasteiger partial charge in [0.15, 0.2) is 0 Å². The highest BCUT2D eigenvalue weighted by atomic mass is 32.1. The molecule has 0 aliphatic carbocycles. The van der Waals surface area contributed by atoms with E-state index >= 15 is 0 Å². The molecule has 2 aromatic heterocycles. The van der Waals surface area contributed by atoms with Gasteiger partial charge < -0.3 is 4.90 Å². The van der Waals surface area contributed by atoms with E-state index in [1.54, 1.807) is 17.7 Å². The van der Waals surface area contributed by atoms with E-state index in [0.29, 0.717) is 0 Å². The molecule has 0 atom stereocenters. The Morgan fingerprint density at radius 2 is 2.05 bits per heavy atom. The molecular formula is C15H16N4S. The Hall–Kier alpha value is -2.01. The molecule has 0 N–H and O–H groups in total. The summed E-state index contributed by atoms with van der Waals surface area (Å²) in [4.78, 5) is 15.4. The molecule has 3 rings (SSSR count). The van der Waals surface area contributed by atoms with E-state index in [1.807, 2.05) is 20.0 Å². The van der Waals surface area contributed by atoms with Crippen molar-refractivity contribution in [1.82, 2.24) is 15.0 Å². The Morgan fingerprint density at radius 1 is 1.20 bits per heavy atom. The van der Waals surface area contributed by atoms with E-state index < -0.39 is 0 Å². The zero-order valence-corrected chi connectivity index (χ0v) is 12.6. The molecule has 0 bridgehead atoms. The van der Waals surface area contributed by atoms with Crippen molar-refractivity contribution in [3.8, 4) is 0 Å². The molecule has 4 nitrogen and oxygen atoms in total. The van der Waals surface area contributed by atoms with E-state index in [4.69, 9.17) is 0 Å². The van der Waals surface area contributed by atoms with Crippen molar-refractivity contribution in [2.24, 2.45) is 0 Å². The quantitative estimate of drug-likeness (QED) is 0.739. The van der Waals surface area contributed by atoms with Crippen LogP contribution in [0.4, 0.5) is 5.82 Å². The molecule has 0 aliphatic heterocycles. The molecule has 0 unspecified atom stereocenters. The Labute approximate surface area is 122 Å². The molecular weight excluding hydrogens is 268 g/mol. The van der Waals surface area contributed by atoms with Crippen molar-refractivity contribution in [3.63, 3.8) is 0 Å². The third-order valence-electron chi connectivity index (χ3n) is 3.20. The Kier molecular flexibility index (Phi) is 3.36. The fraction of sp³-hybridized carbons (Fsp3) is 0.267. The summed E-state index contributed by atoms with van der Waals surface area (Å²) in [6, 6.07) is 6.24. The summed E-state index contributed by atoms with van der Waals surface area (Å²) in [7, 11) is 2.04. The summed E-state index contributed by atoms with van der Waals surface area (Å²) < 4.78 is 0. The lowest BCUT2D eigenvalue weighted by Gasteiger charge is -2.18. The van der Waals surface area contributed by atoms with Gasteiger partial charge in [0, 0.05) is 17.8 Å². The molecule has 2 heterocycles. The summed E-state index contributed by atoms with van der Waals surface area (Å²) in [5, 5.41) is 4.28. The predicted octanol–water partition coefficient (Wildman–Crippen LogP) is 3.34. The third-order valence-corrected chi connectivity index (χ3v) is 4.02. The lowest BCUT2D eigenvalue weighted by atomic mass is 10.1. The molecule has 0 radical (unpaired) electrons. The highest BCUT2D eigenvalue weighted by Gasteiger charge is 2.10. The second-order valence-corrected chi connectivity index (χ2v) is 5.99. The van der Waals surface area contributed by atoms with E-state index in [2.05, 4.69) is 44.3 Å². The number of fused-ring (bicyclic) bond motifs is 1. The number of hydrogen-bond acceptors (Lipinski definition) is 5. The van der Waals surface area contributed by atoms with E-state index in [-0.39, 0.29) is 0 Å². The van der Waals surface area contributed by atoms with Gasteiger partial charge in [0.1, 0.15) is 12.1 Å². The van der Waals surface area contributed by atoms with Gasteiger partial charge in [-0.2, -0.15) is 0 Å². The summed E-state index contributed by atoms with van der Waals surface area (Å²) in [6.45, 7) is 4.86. The number of benzene rings is 1. The van der Waals surface area contributed by atoms with Crippen LogP contribution in [-0.4, -0.2) is 22.0 Å². The van der Waals surface area contributed by atoms with Gasteiger partial charge in [0.2, 0.25) is 0 Å². The first-order valence-electron chi connectivity index (χ1n) is 6.47. The first-order chi connectivity index (χ1) is 9.63. The van der Waals surface area contributed by atoms with Crippen LogP contribution in [0.3, 0.4) is 0 Å². The Bertz CT molecular complexity index is 750. The average Bonchev–Trinajstić information content (AvgIpc) is 2.83. The molecule has 3 aromatic rings. The summed E-state index contributed by atoms with van der Waals surface area (Å²) in [5.74, 6) is 0.948. The van der Waals surface area contributed by atoms with Crippen LogP contribution in [0, 0.1) is 13.8 Å². The van der Waals surface area contributed by atoms with Gasteiger partial charge in [-0.15, -0.1) is 11.3 Å². The van der Waals surface area contributed by atoms with E-state index in [1.165, 1.54) is 5.56 Å². The fourth-order valence-corrected chi connectivity index (χ4v) is 2.86. The van der Waals surface area contributed by atoms with Crippen LogP contribution < -0.4 is 4.90 Å². The molecule has 0 amide bonds. The van der Waals surface area contributed by atoms with Crippen molar-refractivity contribution in [2.45, 2.75) is 20.4 Å². The molecule has 20 heavy (non-hydrogen) atoms. The third kappa shape index (κ3) is 2.49. The fourth-order valence-electron chi connectivity index (χ4n) is 2.26. The SMILES string of the molecule is Cc1ccc2ncnc(N(C)Cc3csc(C)n3)c2c1. The predicted molar refractivity (Wildman–Crippen MR) is 83.2 cm³/mol. The van der Waals surface area contributed by atoms with Gasteiger partial charge in [-0.05, 0) is 26.0 Å². The minimum Gasteiger partial charge on any atom is -0.353 e. The van der Waals surface area contributed by atoms with Crippen LogP contribution in [0.2, 0.25) is 0 Å². The first-order valence-corrected chi connectivity index (χ1v) is 7.35. The topological polar surface area (TPSA) is 41.9 Å². The largest absolute Gasteiger partial charge is 0.353 e. The van der Waals surface area contributed by atoms with Gasteiger partial charge in [0.25, 0.3) is 0 Å². The highest BCUT2D eigenvalue weighted by molar-refractivity contribution is 7.09. The standard InChI is InChI=1S/C15H16N4S/c1-10-4-5-14-13(6-10)15(17-9-16-14)19(3)7-12-8-20-11(2)18-12/h4-6,8-9H,7H2,1-3H3. The van der Waals surface area contributed by atoms with Crippen molar-refractivity contribution in [1.29, 1.82) is 0 Å². The number of anilines is 1. The lowest BCUT2D eigenvalue weighted by Crippen LogP contribution is -2.18. The monoisotopic (exact) mass is 284 g/mol. The van der Waals surface area contributed by atoms with Crippen LogP contribution in [0.15, 0.2) is 29.9 Å². The number of hydrogen-bond donors (Lipinski definition) is 0. The molecule has 0 fully saturated rings. The maximum absolute atomic E-state index is 4.51. The smallest absolute Gasteiger partial charge is 0.139 e. The van der Waals surface area contributed by atoms with Gasteiger partial charge in [-0.3, -0.25) is 0 Å². The molecule has 1 aromatic carbocycles. The lowest BCUT2D eigenvalue weighted by molar-refractivity contribution is 0.872. The summed E-state index contributed by atoms with van der Waals surface area (Å²) in [5.41, 5.74) is 3.27. The zero-order valence-electron chi connectivity index (χ0n) is 11.8. The van der Waals surface area contributed by atoms with E-state index in [0.717, 1.165) is 34.0 Å². The van der Waals surface area contributed by atoms with Crippen molar-refractivity contribution < 1.29 is 0 Å². The molecule has 5 heteroatoms. The Morgan fingerprint density at radius 3 is 2.80 bits per heavy atom. The second-order valence-electron chi connectivity index (χ2n) is 4.93. The number of rotatable bonds is 3. The number of aryl methyl sites for hydroxylation is 2. The second kappa shape index (κ2) is 5.17. The summed E-state index contributed by atoms with van der Waals surface area (Å²) >= 11 is 1.68.